The Morgan fingerprint density at radius 2 is 1.80 bits per heavy atom. The molecule has 5 nitrogen and oxygen atoms in total. The average Bonchev–Trinajstić information content (AvgIpc) is 2.52. The van der Waals surface area contributed by atoms with E-state index in [4.69, 9.17) is 5.21 Å². The van der Waals surface area contributed by atoms with Crippen molar-refractivity contribution in [2.24, 2.45) is 0 Å². The zero-order valence-corrected chi connectivity index (χ0v) is 12.0. The van der Waals surface area contributed by atoms with Crippen LogP contribution in [-0.2, 0) is 9.59 Å². The summed E-state index contributed by atoms with van der Waals surface area (Å²) in [6.45, 7) is 0. The van der Waals surface area contributed by atoms with Crippen molar-refractivity contribution in [3.63, 3.8) is 0 Å². The first-order chi connectivity index (χ1) is 9.74. The van der Waals surface area contributed by atoms with E-state index in [0.29, 0.717) is 12.8 Å². The molecule has 0 aliphatic carbocycles. The van der Waals surface area contributed by atoms with Gasteiger partial charge in [0.2, 0.25) is 5.91 Å². The van der Waals surface area contributed by atoms with Crippen molar-refractivity contribution in [3.8, 4) is 0 Å². The Kier molecular flexibility index (Phi) is 12.3. The molecule has 0 radical (unpaired) electrons. The summed E-state index contributed by atoms with van der Waals surface area (Å²) in [5.41, 5.74) is 2.73. The summed E-state index contributed by atoms with van der Waals surface area (Å²) in [6.07, 6.45) is 5.43. The van der Waals surface area contributed by atoms with Crippen LogP contribution in [0.1, 0.15) is 38.5 Å². The fourth-order valence-electron chi connectivity index (χ4n) is 1.53. The number of unbranched alkanes of at least 4 members (excludes halogenated alkanes) is 4. The summed E-state index contributed by atoms with van der Waals surface area (Å²) in [5, 5.41) is 11.2. The highest BCUT2D eigenvalue weighted by Crippen LogP contribution is 2.04. The molecule has 1 rings (SSSR count). The van der Waals surface area contributed by atoms with Gasteiger partial charge in [-0.2, -0.15) is 0 Å². The van der Waals surface area contributed by atoms with Crippen LogP contribution in [0.25, 0.3) is 0 Å². The quantitative estimate of drug-likeness (QED) is 0.296. The average molecular weight is 280 g/mol. The molecule has 1 aromatic rings. The van der Waals surface area contributed by atoms with Crippen LogP contribution < -0.4 is 10.8 Å². The Morgan fingerprint density at radius 3 is 2.30 bits per heavy atom. The second-order valence-corrected chi connectivity index (χ2v) is 4.27. The zero-order chi connectivity index (χ0) is 15.1. The topological polar surface area (TPSA) is 78.4 Å². The van der Waals surface area contributed by atoms with Gasteiger partial charge >= 0.3 is 0 Å². The van der Waals surface area contributed by atoms with Gasteiger partial charge in [0.1, 0.15) is 6.29 Å². The van der Waals surface area contributed by atoms with Crippen LogP contribution in [0, 0.1) is 0 Å². The number of para-hydroxylation sites is 1. The van der Waals surface area contributed by atoms with Gasteiger partial charge < -0.3 is 10.1 Å². The summed E-state index contributed by atoms with van der Waals surface area (Å²) in [5.74, 6) is -0.342. The number of hydroxylamine groups is 1. The van der Waals surface area contributed by atoms with Gasteiger partial charge in [0.25, 0.3) is 0 Å². The molecule has 5 heteroatoms. The van der Waals surface area contributed by atoms with Crippen molar-refractivity contribution in [2.45, 2.75) is 38.5 Å². The van der Waals surface area contributed by atoms with Crippen molar-refractivity contribution < 1.29 is 14.8 Å². The van der Waals surface area contributed by atoms with E-state index in [1.165, 1.54) is 0 Å². The molecule has 112 valence electrons. The number of anilines is 1. The Morgan fingerprint density at radius 1 is 1.15 bits per heavy atom. The maximum Gasteiger partial charge on any atom is 0.243 e. The smallest absolute Gasteiger partial charge is 0.243 e. The molecule has 1 amide bonds. The molecular formula is C15H24N2O3. The van der Waals surface area contributed by atoms with Gasteiger partial charge in [-0.05, 0) is 25.0 Å². The van der Waals surface area contributed by atoms with Crippen molar-refractivity contribution in [2.75, 3.05) is 12.4 Å². The molecule has 0 atom stereocenters. The normalized spacial score (nSPS) is 9.10. The van der Waals surface area contributed by atoms with Crippen molar-refractivity contribution in [1.82, 2.24) is 5.48 Å². The molecule has 0 saturated heterocycles. The van der Waals surface area contributed by atoms with E-state index in [9.17, 15) is 9.59 Å². The van der Waals surface area contributed by atoms with Gasteiger partial charge in [0.15, 0.2) is 0 Å². The van der Waals surface area contributed by atoms with E-state index >= 15 is 0 Å². The SMILES string of the molecule is CNc1ccccc1.O=CCCCCCCC(=O)NO. The summed E-state index contributed by atoms with van der Waals surface area (Å²) in [7, 11) is 1.91. The van der Waals surface area contributed by atoms with Gasteiger partial charge in [-0.25, -0.2) is 5.48 Å². The lowest BCUT2D eigenvalue weighted by Gasteiger charge is -1.97. The monoisotopic (exact) mass is 280 g/mol. The summed E-state index contributed by atoms with van der Waals surface area (Å²) in [4.78, 5) is 20.4. The van der Waals surface area contributed by atoms with Crippen molar-refractivity contribution in [3.05, 3.63) is 30.3 Å². The minimum Gasteiger partial charge on any atom is -0.388 e. The maximum absolute atomic E-state index is 10.5. The van der Waals surface area contributed by atoms with E-state index < -0.39 is 0 Å². The number of amides is 1. The van der Waals surface area contributed by atoms with Crippen LogP contribution in [-0.4, -0.2) is 24.4 Å². The third kappa shape index (κ3) is 11.2. The lowest BCUT2D eigenvalue weighted by Crippen LogP contribution is -2.17. The number of nitrogens with one attached hydrogen (secondary N) is 2. The van der Waals surface area contributed by atoms with Crippen LogP contribution in [0.2, 0.25) is 0 Å². The molecule has 0 aliphatic rings. The third-order valence-corrected chi connectivity index (χ3v) is 2.66. The highest BCUT2D eigenvalue weighted by atomic mass is 16.5. The molecule has 0 saturated carbocycles. The third-order valence-electron chi connectivity index (χ3n) is 2.66. The van der Waals surface area contributed by atoms with Crippen LogP contribution in [0.4, 0.5) is 5.69 Å². The molecule has 1 aromatic carbocycles. The lowest BCUT2D eigenvalue weighted by atomic mass is 10.1. The number of carbonyl (C=O) groups is 2. The van der Waals surface area contributed by atoms with Gasteiger partial charge in [0.05, 0.1) is 0 Å². The Labute approximate surface area is 120 Å². The minimum atomic E-state index is -0.342. The summed E-state index contributed by atoms with van der Waals surface area (Å²) >= 11 is 0. The number of carbonyl (C=O) groups excluding carboxylic acids is 2. The molecule has 0 heterocycles. The number of benzene rings is 1. The second-order valence-electron chi connectivity index (χ2n) is 4.27. The maximum atomic E-state index is 10.5. The van der Waals surface area contributed by atoms with Crippen molar-refractivity contribution >= 4 is 17.9 Å². The van der Waals surface area contributed by atoms with Gasteiger partial charge in [-0.15, -0.1) is 0 Å². The molecule has 0 aromatic heterocycles. The Bertz CT molecular complexity index is 355. The summed E-state index contributed by atoms with van der Waals surface area (Å²) in [6, 6.07) is 10.1. The van der Waals surface area contributed by atoms with E-state index in [-0.39, 0.29) is 5.91 Å². The molecule has 20 heavy (non-hydrogen) atoms. The predicted octanol–water partition coefficient (Wildman–Crippen LogP) is 2.76. The zero-order valence-electron chi connectivity index (χ0n) is 12.0. The van der Waals surface area contributed by atoms with Gasteiger partial charge in [-0.1, -0.05) is 31.0 Å². The number of aldehydes is 1. The second kappa shape index (κ2) is 13.5. The molecule has 0 unspecified atom stereocenters. The predicted molar refractivity (Wildman–Crippen MR) is 79.7 cm³/mol. The highest BCUT2D eigenvalue weighted by molar-refractivity contribution is 5.74. The van der Waals surface area contributed by atoms with Gasteiger partial charge in [0, 0.05) is 25.6 Å². The molecular weight excluding hydrogens is 256 g/mol. The summed E-state index contributed by atoms with van der Waals surface area (Å²) < 4.78 is 0. The largest absolute Gasteiger partial charge is 0.388 e. The van der Waals surface area contributed by atoms with E-state index in [1.54, 1.807) is 5.48 Å². The minimum absolute atomic E-state index is 0.342. The van der Waals surface area contributed by atoms with Gasteiger partial charge in [-0.3, -0.25) is 10.0 Å². The molecule has 0 spiro atoms. The van der Waals surface area contributed by atoms with Crippen LogP contribution in [0.5, 0.6) is 0 Å². The van der Waals surface area contributed by atoms with Crippen LogP contribution >= 0.6 is 0 Å². The number of hydrogen-bond donors (Lipinski definition) is 3. The lowest BCUT2D eigenvalue weighted by molar-refractivity contribution is -0.129. The van der Waals surface area contributed by atoms with Crippen LogP contribution in [0.3, 0.4) is 0 Å². The standard InChI is InChI=1S/C8H15NO3.C7H9N/c10-7-5-3-1-2-4-6-8(11)9-12;1-8-7-5-3-2-4-6-7/h7,12H,1-6H2,(H,9,11);2-6,8H,1H3. The van der Waals surface area contributed by atoms with E-state index in [1.807, 2.05) is 37.4 Å². The first-order valence-corrected chi connectivity index (χ1v) is 6.84. The first kappa shape index (κ1) is 18.1. The van der Waals surface area contributed by atoms with Crippen LogP contribution in [0.15, 0.2) is 30.3 Å². The molecule has 3 N–H and O–H groups in total. The fraction of sp³-hybridized carbons (Fsp3) is 0.467. The first-order valence-electron chi connectivity index (χ1n) is 6.84. The molecule has 0 fully saturated rings. The van der Waals surface area contributed by atoms with E-state index in [2.05, 4.69) is 5.32 Å². The molecule has 0 aliphatic heterocycles. The fourth-order valence-corrected chi connectivity index (χ4v) is 1.53. The highest BCUT2D eigenvalue weighted by Gasteiger charge is 1.97. The van der Waals surface area contributed by atoms with E-state index in [0.717, 1.165) is 37.7 Å². The number of rotatable bonds is 8. The van der Waals surface area contributed by atoms with Crippen molar-refractivity contribution in [1.29, 1.82) is 0 Å². The Balaban J connectivity index is 0.000000388. The molecule has 0 bridgehead atoms. The number of hydrogen-bond acceptors (Lipinski definition) is 4. The Hall–Kier alpha value is -1.88.